The van der Waals surface area contributed by atoms with Crippen molar-refractivity contribution in [2.45, 2.75) is 11.2 Å². The van der Waals surface area contributed by atoms with Gasteiger partial charge in [0.05, 0.1) is 30.5 Å². The molecule has 1 amide bonds. The molecule has 86 valence electrons. The Morgan fingerprint density at radius 3 is 3.00 bits per heavy atom. The lowest BCUT2D eigenvalue weighted by atomic mass is 10.2. The van der Waals surface area contributed by atoms with Crippen LogP contribution in [0.3, 0.4) is 0 Å². The molecule has 16 heavy (non-hydrogen) atoms. The van der Waals surface area contributed by atoms with Gasteiger partial charge in [-0.3, -0.25) is 4.79 Å². The van der Waals surface area contributed by atoms with Crippen molar-refractivity contribution in [2.75, 3.05) is 19.5 Å². The molecule has 7 heteroatoms. The Labute approximate surface area is 102 Å². The molecule has 1 fully saturated rings. The van der Waals surface area contributed by atoms with Crippen molar-refractivity contribution < 1.29 is 9.53 Å². The minimum absolute atomic E-state index is 0.0660. The zero-order chi connectivity index (χ0) is 11.5. The largest absolute Gasteiger partial charge is 0.377 e. The fraction of sp³-hybridized carbons (Fsp3) is 0.444. The van der Waals surface area contributed by atoms with Crippen LogP contribution in [0.5, 0.6) is 0 Å². The number of ether oxygens (including phenoxy) is 1. The summed E-state index contributed by atoms with van der Waals surface area (Å²) in [6, 6.07) is 0.0660. The van der Waals surface area contributed by atoms with Gasteiger partial charge in [0.15, 0.2) is 10.9 Å². The Kier molecular flexibility index (Phi) is 3.63. The van der Waals surface area contributed by atoms with E-state index in [0.29, 0.717) is 18.4 Å². The van der Waals surface area contributed by atoms with E-state index < -0.39 is 0 Å². The molecule has 1 aliphatic rings. The van der Waals surface area contributed by atoms with Crippen molar-refractivity contribution in [3.05, 3.63) is 16.9 Å². The van der Waals surface area contributed by atoms with E-state index in [1.54, 1.807) is 0 Å². The SMILES string of the molecule is CSc1ncc(Cl)c(C(=O)NC2COC2)n1. The smallest absolute Gasteiger partial charge is 0.271 e. The van der Waals surface area contributed by atoms with Gasteiger partial charge in [0.2, 0.25) is 0 Å². The summed E-state index contributed by atoms with van der Waals surface area (Å²) in [4.78, 5) is 19.8. The summed E-state index contributed by atoms with van der Waals surface area (Å²) in [7, 11) is 0. The highest BCUT2D eigenvalue weighted by molar-refractivity contribution is 7.98. The summed E-state index contributed by atoms with van der Waals surface area (Å²) in [5.74, 6) is -0.281. The molecule has 1 aromatic rings. The van der Waals surface area contributed by atoms with Gasteiger partial charge in [-0.1, -0.05) is 23.4 Å². The highest BCUT2D eigenvalue weighted by Gasteiger charge is 2.23. The van der Waals surface area contributed by atoms with Crippen molar-refractivity contribution in [3.63, 3.8) is 0 Å². The number of thioether (sulfide) groups is 1. The highest BCUT2D eigenvalue weighted by Crippen LogP contribution is 2.16. The van der Waals surface area contributed by atoms with Crippen LogP contribution >= 0.6 is 23.4 Å². The third-order valence-corrected chi connectivity index (χ3v) is 2.93. The summed E-state index contributed by atoms with van der Waals surface area (Å²) in [5.41, 5.74) is 0.216. The van der Waals surface area contributed by atoms with Gasteiger partial charge < -0.3 is 10.1 Å². The molecule has 2 rings (SSSR count). The minimum Gasteiger partial charge on any atom is -0.377 e. The van der Waals surface area contributed by atoms with Crippen LogP contribution in [-0.4, -0.2) is 41.4 Å². The fourth-order valence-corrected chi connectivity index (χ4v) is 1.70. The van der Waals surface area contributed by atoms with Gasteiger partial charge in [-0.2, -0.15) is 0 Å². The van der Waals surface area contributed by atoms with Crippen molar-refractivity contribution in [3.8, 4) is 0 Å². The van der Waals surface area contributed by atoms with E-state index in [9.17, 15) is 4.79 Å². The molecule has 1 aliphatic heterocycles. The standard InChI is InChI=1S/C9H10ClN3O2S/c1-16-9-11-2-6(10)7(13-9)8(14)12-5-3-15-4-5/h2,5H,3-4H2,1H3,(H,12,14). The van der Waals surface area contributed by atoms with Crippen LogP contribution in [-0.2, 0) is 4.74 Å². The molecule has 0 aromatic carbocycles. The number of carbonyl (C=O) groups excluding carboxylic acids is 1. The van der Waals surface area contributed by atoms with Gasteiger partial charge in [-0.25, -0.2) is 9.97 Å². The maximum Gasteiger partial charge on any atom is 0.271 e. The first-order chi connectivity index (χ1) is 7.70. The number of nitrogens with zero attached hydrogens (tertiary/aromatic N) is 2. The van der Waals surface area contributed by atoms with Gasteiger partial charge in [0.25, 0.3) is 5.91 Å². The van der Waals surface area contributed by atoms with Crippen molar-refractivity contribution >= 4 is 29.3 Å². The molecule has 0 atom stereocenters. The lowest BCUT2D eigenvalue weighted by Crippen LogP contribution is -2.48. The number of hydrogen-bond donors (Lipinski definition) is 1. The second-order valence-electron chi connectivity index (χ2n) is 3.26. The molecule has 0 unspecified atom stereocenters. The molecule has 1 aromatic heterocycles. The van der Waals surface area contributed by atoms with Crippen LogP contribution in [0.15, 0.2) is 11.4 Å². The molecule has 0 bridgehead atoms. The van der Waals surface area contributed by atoms with Gasteiger partial charge in [-0.05, 0) is 6.26 Å². The van der Waals surface area contributed by atoms with E-state index in [2.05, 4.69) is 15.3 Å². The van der Waals surface area contributed by atoms with E-state index >= 15 is 0 Å². The molecule has 0 radical (unpaired) electrons. The van der Waals surface area contributed by atoms with Crippen LogP contribution < -0.4 is 5.32 Å². The van der Waals surface area contributed by atoms with Gasteiger partial charge in [0, 0.05) is 0 Å². The Bertz CT molecular complexity index is 412. The molecule has 1 saturated heterocycles. The second kappa shape index (κ2) is 4.99. The Balaban J connectivity index is 2.13. The zero-order valence-electron chi connectivity index (χ0n) is 8.57. The first kappa shape index (κ1) is 11.6. The number of halogens is 1. The van der Waals surface area contributed by atoms with Gasteiger partial charge in [0.1, 0.15) is 0 Å². The number of amides is 1. The maximum absolute atomic E-state index is 11.8. The van der Waals surface area contributed by atoms with E-state index in [1.165, 1.54) is 18.0 Å². The van der Waals surface area contributed by atoms with Crippen molar-refractivity contribution in [1.82, 2.24) is 15.3 Å². The molecule has 2 heterocycles. The summed E-state index contributed by atoms with van der Waals surface area (Å²) in [6.45, 7) is 1.09. The fourth-order valence-electron chi connectivity index (χ4n) is 1.18. The molecule has 1 N–H and O–H groups in total. The van der Waals surface area contributed by atoms with E-state index in [1.807, 2.05) is 6.26 Å². The van der Waals surface area contributed by atoms with Crippen LogP contribution in [0.1, 0.15) is 10.5 Å². The summed E-state index contributed by atoms with van der Waals surface area (Å²) in [6.07, 6.45) is 3.28. The molecule has 0 saturated carbocycles. The zero-order valence-corrected chi connectivity index (χ0v) is 10.1. The number of hydrogen-bond acceptors (Lipinski definition) is 5. The third-order valence-electron chi connectivity index (χ3n) is 2.09. The average Bonchev–Trinajstić information content (AvgIpc) is 2.24. The lowest BCUT2D eigenvalue weighted by Gasteiger charge is -2.26. The third kappa shape index (κ3) is 2.45. The van der Waals surface area contributed by atoms with E-state index in [4.69, 9.17) is 16.3 Å². The molecular formula is C9H10ClN3O2S. The van der Waals surface area contributed by atoms with Gasteiger partial charge in [-0.15, -0.1) is 0 Å². The Morgan fingerprint density at radius 1 is 1.69 bits per heavy atom. The molecule has 0 aliphatic carbocycles. The number of carbonyl (C=O) groups is 1. The number of nitrogens with one attached hydrogen (secondary N) is 1. The predicted octanol–water partition coefficient (Wildman–Crippen LogP) is 0.980. The lowest BCUT2D eigenvalue weighted by molar-refractivity contribution is -0.00356. The topological polar surface area (TPSA) is 64.1 Å². The Morgan fingerprint density at radius 2 is 2.44 bits per heavy atom. The first-order valence-electron chi connectivity index (χ1n) is 4.66. The molecule has 0 spiro atoms. The van der Waals surface area contributed by atoms with Gasteiger partial charge >= 0.3 is 0 Å². The van der Waals surface area contributed by atoms with Crippen molar-refractivity contribution in [2.24, 2.45) is 0 Å². The number of rotatable bonds is 3. The van der Waals surface area contributed by atoms with E-state index in [0.717, 1.165) is 0 Å². The van der Waals surface area contributed by atoms with Crippen LogP contribution in [0.4, 0.5) is 0 Å². The normalized spacial score (nSPS) is 15.6. The quantitative estimate of drug-likeness (QED) is 0.648. The predicted molar refractivity (Wildman–Crippen MR) is 60.9 cm³/mol. The maximum atomic E-state index is 11.8. The van der Waals surface area contributed by atoms with Crippen molar-refractivity contribution in [1.29, 1.82) is 0 Å². The molecular weight excluding hydrogens is 250 g/mol. The number of aromatic nitrogens is 2. The second-order valence-corrected chi connectivity index (χ2v) is 4.44. The summed E-state index contributed by atoms with van der Waals surface area (Å²) < 4.78 is 4.96. The summed E-state index contributed by atoms with van der Waals surface area (Å²) >= 11 is 7.23. The monoisotopic (exact) mass is 259 g/mol. The first-order valence-corrected chi connectivity index (χ1v) is 6.26. The minimum atomic E-state index is -0.281. The summed E-state index contributed by atoms with van der Waals surface area (Å²) in [5, 5.41) is 3.56. The Hall–Kier alpha value is -0.850. The molecule has 5 nitrogen and oxygen atoms in total. The van der Waals surface area contributed by atoms with E-state index in [-0.39, 0.29) is 22.7 Å². The van der Waals surface area contributed by atoms with Crippen LogP contribution in [0.25, 0.3) is 0 Å². The van der Waals surface area contributed by atoms with Crippen LogP contribution in [0, 0.1) is 0 Å². The van der Waals surface area contributed by atoms with Crippen LogP contribution in [0.2, 0.25) is 5.02 Å². The highest BCUT2D eigenvalue weighted by atomic mass is 35.5. The average molecular weight is 260 g/mol.